The lowest BCUT2D eigenvalue weighted by Gasteiger charge is -2.34. The Labute approximate surface area is 242 Å². The van der Waals surface area contributed by atoms with Crippen LogP contribution in [0.1, 0.15) is 114 Å². The number of hydrogen-bond donors (Lipinski definition) is 0. The van der Waals surface area contributed by atoms with Gasteiger partial charge in [-0.3, -0.25) is 0 Å². The number of rotatable bonds is 17. The Hall–Kier alpha value is -0.240. The molecule has 0 N–H and O–H groups in total. The summed E-state index contributed by atoms with van der Waals surface area (Å²) in [5.41, 5.74) is -0.172. The van der Waals surface area contributed by atoms with Gasteiger partial charge < -0.3 is 28.7 Å². The molecule has 0 aromatic rings. The van der Waals surface area contributed by atoms with E-state index in [1.807, 2.05) is 0 Å². The monoisotopic (exact) mass is 555 g/mol. The average Bonchev–Trinajstić information content (AvgIpc) is 2.82. The van der Waals surface area contributed by atoms with E-state index in [4.69, 9.17) is 18.9 Å². The van der Waals surface area contributed by atoms with Gasteiger partial charge in [-0.1, -0.05) is 0 Å². The van der Waals surface area contributed by atoms with Crippen LogP contribution in [0.4, 0.5) is 0 Å². The standard InChI is InChI=1S/C33H66N2O4/c1-28(36-24-20-34-18-10-12-29(26-34)15-22-37-31(2,3)4)14-17-33(8,9)39-23-16-30-13-11-19-35(27-30)21-25-38-32(5,6)7/h28-30H,10-27H2,1-9H3/t28-,29-,30?/m1/s1. The van der Waals surface area contributed by atoms with Gasteiger partial charge in [0.1, 0.15) is 0 Å². The fraction of sp³-hybridized carbons (Fsp3) is 1.00. The van der Waals surface area contributed by atoms with Crippen molar-refractivity contribution in [1.82, 2.24) is 9.80 Å². The van der Waals surface area contributed by atoms with Crippen LogP contribution in [0.2, 0.25) is 0 Å². The van der Waals surface area contributed by atoms with Crippen molar-refractivity contribution in [3.05, 3.63) is 0 Å². The molecule has 0 bridgehead atoms. The molecule has 3 atom stereocenters. The van der Waals surface area contributed by atoms with Gasteiger partial charge >= 0.3 is 0 Å². The maximum atomic E-state index is 6.39. The van der Waals surface area contributed by atoms with E-state index in [0.717, 1.165) is 70.6 Å². The summed E-state index contributed by atoms with van der Waals surface area (Å²) in [4.78, 5) is 5.17. The minimum absolute atomic E-state index is 0.0307. The van der Waals surface area contributed by atoms with E-state index in [0.29, 0.717) is 0 Å². The molecule has 2 rings (SSSR count). The number of hydrogen-bond acceptors (Lipinski definition) is 6. The summed E-state index contributed by atoms with van der Waals surface area (Å²) >= 11 is 0. The van der Waals surface area contributed by atoms with Crippen LogP contribution in [-0.4, -0.2) is 98.4 Å². The molecule has 2 saturated heterocycles. The number of nitrogens with zero attached hydrogens (tertiary/aromatic N) is 2. The average molecular weight is 555 g/mol. The van der Waals surface area contributed by atoms with Crippen molar-refractivity contribution in [2.24, 2.45) is 11.8 Å². The molecule has 0 amide bonds. The maximum Gasteiger partial charge on any atom is 0.0627 e. The first-order valence-corrected chi connectivity index (χ1v) is 16.2. The van der Waals surface area contributed by atoms with Gasteiger partial charge in [0.15, 0.2) is 0 Å². The van der Waals surface area contributed by atoms with Gasteiger partial charge in [-0.25, -0.2) is 0 Å². The van der Waals surface area contributed by atoms with Crippen LogP contribution in [0.5, 0.6) is 0 Å². The Kier molecular flexibility index (Phi) is 15.3. The highest BCUT2D eigenvalue weighted by molar-refractivity contribution is 4.76. The van der Waals surface area contributed by atoms with E-state index in [9.17, 15) is 0 Å². The van der Waals surface area contributed by atoms with Gasteiger partial charge in [0, 0.05) is 39.4 Å². The predicted molar refractivity (Wildman–Crippen MR) is 164 cm³/mol. The SMILES string of the molecule is C[C@H](CCC(C)(C)OCCC1CCCN(CCOC(C)(C)C)C1)OCCN1CCC[C@H](CCOC(C)(C)C)C1. The first kappa shape index (κ1) is 35.0. The molecule has 0 saturated carbocycles. The van der Waals surface area contributed by atoms with Gasteiger partial charge in [0.25, 0.3) is 0 Å². The Balaban J connectivity index is 1.54. The lowest BCUT2D eigenvalue weighted by Crippen LogP contribution is -2.39. The summed E-state index contributed by atoms with van der Waals surface area (Å²) in [5.74, 6) is 1.50. The third kappa shape index (κ3) is 17.3. The molecule has 0 aromatic heterocycles. The van der Waals surface area contributed by atoms with E-state index in [2.05, 4.69) is 72.1 Å². The van der Waals surface area contributed by atoms with E-state index in [1.54, 1.807) is 0 Å². The summed E-state index contributed by atoms with van der Waals surface area (Å²) in [7, 11) is 0. The highest BCUT2D eigenvalue weighted by Crippen LogP contribution is 2.24. The van der Waals surface area contributed by atoms with Crippen molar-refractivity contribution < 1.29 is 18.9 Å². The zero-order valence-electron chi connectivity index (χ0n) is 27.5. The van der Waals surface area contributed by atoms with Crippen molar-refractivity contribution in [1.29, 1.82) is 0 Å². The molecule has 2 aliphatic heterocycles. The van der Waals surface area contributed by atoms with Crippen LogP contribution < -0.4 is 0 Å². The van der Waals surface area contributed by atoms with Crippen molar-refractivity contribution in [2.75, 3.05) is 65.7 Å². The second-order valence-corrected chi connectivity index (χ2v) is 14.9. The Morgan fingerprint density at radius 1 is 0.667 bits per heavy atom. The van der Waals surface area contributed by atoms with Gasteiger partial charge in [0.05, 0.1) is 36.1 Å². The molecule has 1 unspecified atom stereocenters. The van der Waals surface area contributed by atoms with Crippen molar-refractivity contribution in [2.45, 2.75) is 137 Å². The summed E-state index contributed by atoms with van der Waals surface area (Å²) in [5, 5.41) is 0. The molecule has 2 heterocycles. The maximum absolute atomic E-state index is 6.39. The molecule has 39 heavy (non-hydrogen) atoms. The van der Waals surface area contributed by atoms with E-state index in [1.165, 1.54) is 58.3 Å². The third-order valence-corrected chi connectivity index (χ3v) is 8.19. The van der Waals surface area contributed by atoms with Gasteiger partial charge in [-0.2, -0.15) is 0 Å². The smallest absolute Gasteiger partial charge is 0.0627 e. The summed E-state index contributed by atoms with van der Waals surface area (Å²) < 4.78 is 24.5. The highest BCUT2D eigenvalue weighted by Gasteiger charge is 2.24. The fourth-order valence-corrected chi connectivity index (χ4v) is 5.78. The summed E-state index contributed by atoms with van der Waals surface area (Å²) in [6, 6.07) is 0. The first-order chi connectivity index (χ1) is 18.2. The Morgan fingerprint density at radius 3 is 1.69 bits per heavy atom. The molecule has 2 aliphatic rings. The molecule has 0 radical (unpaired) electrons. The van der Waals surface area contributed by atoms with Crippen LogP contribution in [0, 0.1) is 11.8 Å². The molecule has 0 aromatic carbocycles. The molecule has 6 nitrogen and oxygen atoms in total. The number of piperidine rings is 2. The van der Waals surface area contributed by atoms with E-state index < -0.39 is 0 Å². The van der Waals surface area contributed by atoms with Crippen LogP contribution >= 0.6 is 0 Å². The lowest BCUT2D eigenvalue weighted by molar-refractivity contribution is -0.0471. The zero-order valence-corrected chi connectivity index (χ0v) is 27.5. The largest absolute Gasteiger partial charge is 0.377 e. The topological polar surface area (TPSA) is 43.4 Å². The van der Waals surface area contributed by atoms with Crippen LogP contribution in [-0.2, 0) is 18.9 Å². The fourth-order valence-electron chi connectivity index (χ4n) is 5.78. The molecule has 232 valence electrons. The first-order valence-electron chi connectivity index (χ1n) is 16.2. The third-order valence-electron chi connectivity index (χ3n) is 8.19. The molecular weight excluding hydrogens is 488 g/mol. The van der Waals surface area contributed by atoms with Gasteiger partial charge in [0.2, 0.25) is 0 Å². The van der Waals surface area contributed by atoms with Gasteiger partial charge in [-0.05, 0) is 139 Å². The minimum atomic E-state index is -0.0955. The van der Waals surface area contributed by atoms with Crippen LogP contribution in [0.3, 0.4) is 0 Å². The normalized spacial score (nSPS) is 23.3. The summed E-state index contributed by atoms with van der Waals surface area (Å²) in [6.07, 6.45) is 9.94. The zero-order chi connectivity index (χ0) is 28.9. The molecular formula is C33H66N2O4. The Morgan fingerprint density at radius 2 is 1.15 bits per heavy atom. The highest BCUT2D eigenvalue weighted by atomic mass is 16.5. The van der Waals surface area contributed by atoms with E-state index in [-0.39, 0.29) is 22.9 Å². The molecule has 6 heteroatoms. The van der Waals surface area contributed by atoms with Gasteiger partial charge in [-0.15, -0.1) is 0 Å². The quantitative estimate of drug-likeness (QED) is 0.197. The van der Waals surface area contributed by atoms with Crippen LogP contribution in [0.15, 0.2) is 0 Å². The molecule has 0 aliphatic carbocycles. The molecule has 0 spiro atoms. The van der Waals surface area contributed by atoms with E-state index >= 15 is 0 Å². The Bertz CT molecular complexity index is 643. The molecule has 2 fully saturated rings. The summed E-state index contributed by atoms with van der Waals surface area (Å²) in [6.45, 7) is 29.8. The predicted octanol–water partition coefficient (Wildman–Crippen LogP) is 6.80. The van der Waals surface area contributed by atoms with Crippen molar-refractivity contribution >= 4 is 0 Å². The van der Waals surface area contributed by atoms with Crippen molar-refractivity contribution in [3.8, 4) is 0 Å². The minimum Gasteiger partial charge on any atom is -0.377 e. The second-order valence-electron chi connectivity index (χ2n) is 14.9. The lowest BCUT2D eigenvalue weighted by atomic mass is 9.95. The second kappa shape index (κ2) is 17.0. The number of ether oxygens (including phenoxy) is 4. The van der Waals surface area contributed by atoms with Crippen LogP contribution in [0.25, 0.3) is 0 Å². The number of likely N-dealkylation sites (tertiary alicyclic amines) is 2. The van der Waals surface area contributed by atoms with Crippen molar-refractivity contribution in [3.63, 3.8) is 0 Å².